The molecule has 0 spiro atoms. The Morgan fingerprint density at radius 2 is 2.28 bits per heavy atom. The van der Waals surface area contributed by atoms with Crippen LogP contribution in [-0.4, -0.2) is 24.0 Å². The van der Waals surface area contributed by atoms with Crippen molar-refractivity contribution in [2.45, 2.75) is 24.8 Å². The van der Waals surface area contributed by atoms with Gasteiger partial charge in [-0.05, 0) is 55.5 Å². The van der Waals surface area contributed by atoms with Gasteiger partial charge in [0.25, 0.3) is 0 Å². The molecule has 0 aliphatic carbocycles. The molecule has 1 aliphatic rings. The lowest BCUT2D eigenvalue weighted by Crippen LogP contribution is -2.41. The highest BCUT2D eigenvalue weighted by molar-refractivity contribution is 7.97. The Balaban J connectivity index is 1.71. The van der Waals surface area contributed by atoms with Crippen LogP contribution < -0.4 is 15.4 Å². The van der Waals surface area contributed by atoms with Crippen LogP contribution in [0.25, 0.3) is 0 Å². The highest BCUT2D eigenvalue weighted by Gasteiger charge is 2.28. The molecule has 5 nitrogen and oxygen atoms in total. The Labute approximate surface area is 150 Å². The number of carbonyl (C=O) groups is 1. The van der Waals surface area contributed by atoms with Crippen LogP contribution in [-0.2, 0) is 4.79 Å². The summed E-state index contributed by atoms with van der Waals surface area (Å²) in [6.07, 6.45) is 3.26. The molecule has 132 valence electrons. The third-order valence-corrected chi connectivity index (χ3v) is 4.88. The van der Waals surface area contributed by atoms with Crippen LogP contribution in [0.3, 0.4) is 0 Å². The second-order valence-electron chi connectivity index (χ2n) is 6.18. The van der Waals surface area contributed by atoms with Crippen LogP contribution in [0.2, 0.25) is 0 Å². The summed E-state index contributed by atoms with van der Waals surface area (Å²) in [5.74, 6) is -0.479. The van der Waals surface area contributed by atoms with E-state index in [4.69, 9.17) is 5.14 Å². The van der Waals surface area contributed by atoms with Gasteiger partial charge < -0.3 is 10.2 Å². The first-order valence-electron chi connectivity index (χ1n) is 8.22. The van der Waals surface area contributed by atoms with Gasteiger partial charge in [0.15, 0.2) is 0 Å². The number of benzene rings is 1. The lowest BCUT2D eigenvalue weighted by atomic mass is 9.96. The molecule has 1 saturated heterocycles. The fraction of sp³-hybridized carbons (Fsp3) is 0.333. The molecule has 25 heavy (non-hydrogen) atoms. The zero-order valence-electron chi connectivity index (χ0n) is 14.0. The number of aryl methyl sites for hydroxylation is 1. The number of aromatic nitrogens is 1. The number of nitrogens with one attached hydrogen (secondary N) is 1. The fourth-order valence-corrected chi connectivity index (χ4v) is 3.53. The first-order chi connectivity index (χ1) is 12.1. The van der Waals surface area contributed by atoms with Crippen molar-refractivity contribution in [1.82, 2.24) is 4.98 Å². The van der Waals surface area contributed by atoms with Gasteiger partial charge in [0, 0.05) is 25.0 Å². The van der Waals surface area contributed by atoms with E-state index >= 15 is 0 Å². The molecule has 1 unspecified atom stereocenters. The number of hydrogen-bond donors (Lipinski definition) is 2. The standard InChI is InChI=1S/C18H21FN4OS/c1-12-4-2-6-15(19)17(12)23-9-3-5-13(11-23)18(24)22-14-7-8-21-16(10-14)25-20/h2,4,6-8,10,13H,3,5,9,11,20H2,1H3,(H,21,22,24). The second kappa shape index (κ2) is 7.84. The van der Waals surface area contributed by atoms with Crippen LogP contribution in [0.1, 0.15) is 18.4 Å². The minimum atomic E-state index is -0.236. The van der Waals surface area contributed by atoms with Crippen molar-refractivity contribution in [3.8, 4) is 0 Å². The number of halogens is 1. The summed E-state index contributed by atoms with van der Waals surface area (Å²) in [5.41, 5.74) is 2.16. The number of anilines is 2. The number of carbonyl (C=O) groups excluding carboxylic acids is 1. The van der Waals surface area contributed by atoms with Crippen molar-refractivity contribution in [1.29, 1.82) is 0 Å². The Kier molecular flexibility index (Phi) is 5.55. The average Bonchev–Trinajstić information content (AvgIpc) is 2.62. The van der Waals surface area contributed by atoms with E-state index < -0.39 is 0 Å². The molecular weight excluding hydrogens is 339 g/mol. The zero-order chi connectivity index (χ0) is 17.8. The molecular formula is C18H21FN4OS. The van der Waals surface area contributed by atoms with Gasteiger partial charge in [0.1, 0.15) is 10.8 Å². The number of para-hydroxylation sites is 1. The summed E-state index contributed by atoms with van der Waals surface area (Å²) < 4.78 is 14.2. The Hall–Kier alpha value is -2.12. The molecule has 7 heteroatoms. The molecule has 1 atom stereocenters. The predicted molar refractivity (Wildman–Crippen MR) is 99.0 cm³/mol. The van der Waals surface area contributed by atoms with Crippen molar-refractivity contribution in [2.24, 2.45) is 11.1 Å². The number of hydrogen-bond acceptors (Lipinski definition) is 5. The monoisotopic (exact) mass is 360 g/mol. The van der Waals surface area contributed by atoms with Crippen LogP contribution >= 0.6 is 11.9 Å². The number of nitrogens with zero attached hydrogens (tertiary/aromatic N) is 2. The quantitative estimate of drug-likeness (QED) is 0.818. The van der Waals surface area contributed by atoms with E-state index in [9.17, 15) is 9.18 Å². The summed E-state index contributed by atoms with van der Waals surface area (Å²) in [6, 6.07) is 8.54. The summed E-state index contributed by atoms with van der Waals surface area (Å²) >= 11 is 1.03. The minimum absolute atomic E-state index is 0.0575. The minimum Gasteiger partial charge on any atom is -0.368 e. The maximum atomic E-state index is 14.2. The van der Waals surface area contributed by atoms with Gasteiger partial charge >= 0.3 is 0 Å². The molecule has 3 rings (SSSR count). The van der Waals surface area contributed by atoms with Gasteiger partial charge in [-0.1, -0.05) is 12.1 Å². The second-order valence-corrected chi connectivity index (χ2v) is 6.83. The lowest BCUT2D eigenvalue weighted by Gasteiger charge is -2.34. The van der Waals surface area contributed by atoms with E-state index in [1.54, 1.807) is 24.4 Å². The molecule has 1 aliphatic heterocycles. The van der Waals surface area contributed by atoms with Crippen molar-refractivity contribution in [2.75, 3.05) is 23.3 Å². The van der Waals surface area contributed by atoms with Crippen LogP contribution in [0, 0.1) is 18.7 Å². The largest absolute Gasteiger partial charge is 0.368 e. The van der Waals surface area contributed by atoms with Gasteiger partial charge in [-0.25, -0.2) is 9.37 Å². The predicted octanol–water partition coefficient (Wildman–Crippen LogP) is 3.35. The third-order valence-electron chi connectivity index (χ3n) is 4.42. The van der Waals surface area contributed by atoms with Gasteiger partial charge in [-0.2, -0.15) is 0 Å². The zero-order valence-corrected chi connectivity index (χ0v) is 14.9. The van der Waals surface area contributed by atoms with Crippen molar-refractivity contribution in [3.05, 3.63) is 47.9 Å². The number of amides is 1. The van der Waals surface area contributed by atoms with E-state index in [1.807, 2.05) is 17.9 Å². The third kappa shape index (κ3) is 4.11. The summed E-state index contributed by atoms with van der Waals surface area (Å²) in [5, 5.41) is 9.07. The van der Waals surface area contributed by atoms with Crippen molar-refractivity contribution >= 4 is 29.2 Å². The maximum Gasteiger partial charge on any atom is 0.229 e. The van der Waals surface area contributed by atoms with Gasteiger partial charge in [-0.15, -0.1) is 0 Å². The highest BCUT2D eigenvalue weighted by atomic mass is 32.2. The molecule has 1 aromatic heterocycles. The molecule has 2 heterocycles. The fourth-order valence-electron chi connectivity index (χ4n) is 3.21. The SMILES string of the molecule is Cc1cccc(F)c1N1CCCC(C(=O)Nc2ccnc(SN)c2)C1. The highest BCUT2D eigenvalue weighted by Crippen LogP contribution is 2.29. The van der Waals surface area contributed by atoms with E-state index in [0.717, 1.165) is 36.9 Å². The first kappa shape index (κ1) is 17.7. The number of rotatable bonds is 4. The van der Waals surface area contributed by atoms with Crippen molar-refractivity contribution in [3.63, 3.8) is 0 Å². The molecule has 3 N–H and O–H groups in total. The Morgan fingerprint density at radius 1 is 1.44 bits per heavy atom. The molecule has 0 radical (unpaired) electrons. The first-order valence-corrected chi connectivity index (χ1v) is 9.10. The average molecular weight is 360 g/mol. The molecule has 0 saturated carbocycles. The van der Waals surface area contributed by atoms with E-state index in [0.29, 0.717) is 22.9 Å². The number of piperidine rings is 1. The Morgan fingerprint density at radius 3 is 3.04 bits per heavy atom. The molecule has 2 aromatic rings. The molecule has 1 amide bonds. The number of nitrogens with two attached hydrogens (primary N) is 1. The van der Waals surface area contributed by atoms with E-state index in [1.165, 1.54) is 6.07 Å². The van der Waals surface area contributed by atoms with Crippen LogP contribution in [0.4, 0.5) is 15.8 Å². The van der Waals surface area contributed by atoms with Gasteiger partial charge in [0.05, 0.1) is 11.6 Å². The van der Waals surface area contributed by atoms with E-state index in [2.05, 4.69) is 10.3 Å². The van der Waals surface area contributed by atoms with Crippen LogP contribution in [0.15, 0.2) is 41.6 Å². The molecule has 0 bridgehead atoms. The molecule has 1 aromatic carbocycles. The smallest absolute Gasteiger partial charge is 0.229 e. The summed E-state index contributed by atoms with van der Waals surface area (Å²) in [6.45, 7) is 3.16. The summed E-state index contributed by atoms with van der Waals surface area (Å²) in [7, 11) is 0. The van der Waals surface area contributed by atoms with Gasteiger partial charge in [0.2, 0.25) is 5.91 Å². The lowest BCUT2D eigenvalue weighted by molar-refractivity contribution is -0.120. The summed E-state index contributed by atoms with van der Waals surface area (Å²) in [4.78, 5) is 18.7. The van der Waals surface area contributed by atoms with E-state index in [-0.39, 0.29) is 17.6 Å². The van der Waals surface area contributed by atoms with Crippen LogP contribution in [0.5, 0.6) is 0 Å². The normalized spacial score (nSPS) is 17.4. The molecule has 1 fully saturated rings. The van der Waals surface area contributed by atoms with Crippen molar-refractivity contribution < 1.29 is 9.18 Å². The van der Waals surface area contributed by atoms with Gasteiger partial charge in [-0.3, -0.25) is 9.93 Å². The maximum absolute atomic E-state index is 14.2. The Bertz CT molecular complexity index is 750. The topological polar surface area (TPSA) is 71.2 Å². The number of pyridine rings is 1.